The van der Waals surface area contributed by atoms with Crippen molar-refractivity contribution in [3.63, 3.8) is 0 Å². The minimum absolute atomic E-state index is 0.00538. The zero-order valence-corrected chi connectivity index (χ0v) is 19.9. The first-order chi connectivity index (χ1) is 16.8. The Labute approximate surface area is 205 Å². The van der Waals surface area contributed by atoms with E-state index in [1.54, 1.807) is 0 Å². The molecule has 10 heteroatoms. The highest BCUT2D eigenvalue weighted by atomic mass is 35.5. The fourth-order valence-electron chi connectivity index (χ4n) is 4.48. The summed E-state index contributed by atoms with van der Waals surface area (Å²) in [5, 5.41) is -0.393. The molecule has 0 spiro atoms. The monoisotopic (exact) mass is 503 g/mol. The lowest BCUT2D eigenvalue weighted by Gasteiger charge is -2.32. The number of amides is 1. The van der Waals surface area contributed by atoms with Crippen LogP contribution >= 0.6 is 11.6 Å². The predicted molar refractivity (Wildman–Crippen MR) is 127 cm³/mol. The third-order valence-electron chi connectivity index (χ3n) is 6.24. The van der Waals surface area contributed by atoms with Gasteiger partial charge in [-0.15, -0.1) is 0 Å². The number of rotatable bonds is 8. The van der Waals surface area contributed by atoms with Gasteiger partial charge in [-0.3, -0.25) is 4.79 Å². The maximum atomic E-state index is 15.8. The summed E-state index contributed by atoms with van der Waals surface area (Å²) in [6.45, 7) is 2.03. The number of carbonyl (C=O) groups excluding carboxylic acids is 1. The predicted octanol–water partition coefficient (Wildman–Crippen LogP) is 4.15. The number of hydrogen-bond acceptors (Lipinski definition) is 6. The van der Waals surface area contributed by atoms with Gasteiger partial charge in [0, 0.05) is 48.5 Å². The molecule has 2 heterocycles. The second-order valence-electron chi connectivity index (χ2n) is 8.11. The van der Waals surface area contributed by atoms with Crippen LogP contribution in [0.15, 0.2) is 42.6 Å². The Morgan fingerprint density at radius 3 is 2.57 bits per heavy atom. The van der Waals surface area contributed by atoms with Gasteiger partial charge >= 0.3 is 0 Å². The molecule has 0 fully saturated rings. The van der Waals surface area contributed by atoms with Gasteiger partial charge in [-0.1, -0.05) is 48.9 Å². The molecule has 4 N–H and O–H groups in total. The molecular weight excluding hydrogens is 480 g/mol. The lowest BCUT2D eigenvalue weighted by Crippen LogP contribution is -2.41. The van der Waals surface area contributed by atoms with E-state index in [-0.39, 0.29) is 42.2 Å². The minimum atomic E-state index is -1.08. The number of primary amides is 1. The first-order valence-electron chi connectivity index (χ1n) is 10.8. The summed E-state index contributed by atoms with van der Waals surface area (Å²) in [6.07, 6.45) is 1.07. The molecule has 0 radical (unpaired) electrons. The summed E-state index contributed by atoms with van der Waals surface area (Å²) in [4.78, 5) is 16.1. The standard InChI is InChI=1S/C25H24ClF2N3O4/c1-13-18-17(35-25(13,12-29)14-6-4-3-5-7-14)10-16(27)21(26)20(18)19-15(23(30)32)11-31-24(22(19)28)34-9-8-33-2/h3-7,10-11,13H,8-9,12,29H2,1-2H3,(H2,30,32)/t13-,25-/m0/s1. The highest BCUT2D eigenvalue weighted by Crippen LogP contribution is 2.56. The van der Waals surface area contributed by atoms with Crippen LogP contribution in [-0.4, -0.2) is 37.8 Å². The van der Waals surface area contributed by atoms with E-state index in [4.69, 9.17) is 37.3 Å². The molecule has 7 nitrogen and oxygen atoms in total. The number of nitrogens with two attached hydrogens (primary N) is 2. The van der Waals surface area contributed by atoms with Crippen molar-refractivity contribution in [2.75, 3.05) is 26.9 Å². The average Bonchev–Trinajstić information content (AvgIpc) is 3.13. The molecular formula is C25H24ClF2N3O4. The number of methoxy groups -OCH3 is 1. The smallest absolute Gasteiger partial charge is 0.251 e. The van der Waals surface area contributed by atoms with Gasteiger partial charge in [0.1, 0.15) is 18.2 Å². The number of pyridine rings is 1. The third kappa shape index (κ3) is 4.09. The molecule has 2 aromatic carbocycles. The van der Waals surface area contributed by atoms with Crippen LogP contribution in [-0.2, 0) is 10.3 Å². The molecule has 0 unspecified atom stereocenters. The normalized spacial score (nSPS) is 18.7. The van der Waals surface area contributed by atoms with E-state index in [1.165, 1.54) is 7.11 Å². The van der Waals surface area contributed by atoms with Gasteiger partial charge in [0.05, 0.1) is 17.2 Å². The molecule has 0 bridgehead atoms. The second kappa shape index (κ2) is 9.77. The van der Waals surface area contributed by atoms with E-state index in [0.717, 1.165) is 17.8 Å². The maximum absolute atomic E-state index is 15.8. The lowest BCUT2D eigenvalue weighted by molar-refractivity contribution is 0.0800. The Bertz CT molecular complexity index is 1280. The molecule has 0 saturated heterocycles. The fraction of sp³-hybridized carbons (Fsp3) is 0.280. The number of halogens is 3. The number of aromatic nitrogens is 1. The summed E-state index contributed by atoms with van der Waals surface area (Å²) in [6, 6.07) is 10.3. The Morgan fingerprint density at radius 2 is 1.94 bits per heavy atom. The second-order valence-corrected chi connectivity index (χ2v) is 8.49. The first-order valence-corrected chi connectivity index (χ1v) is 11.2. The van der Waals surface area contributed by atoms with Gasteiger partial charge in [-0.2, -0.15) is 0 Å². The SMILES string of the molecule is COCCOc1ncc(C(N)=O)c(-c2c(Cl)c(F)cc3c2[C@H](C)[C@@](CN)(c2ccccc2)O3)c1F. The maximum Gasteiger partial charge on any atom is 0.251 e. The van der Waals surface area contributed by atoms with Gasteiger partial charge in [-0.05, 0) is 5.56 Å². The van der Waals surface area contributed by atoms with E-state index in [2.05, 4.69) is 4.98 Å². The van der Waals surface area contributed by atoms with Gasteiger partial charge in [-0.25, -0.2) is 13.8 Å². The van der Waals surface area contributed by atoms with Crippen molar-refractivity contribution in [1.29, 1.82) is 0 Å². The molecule has 2 atom stereocenters. The summed E-state index contributed by atoms with van der Waals surface area (Å²) < 4.78 is 47.5. The van der Waals surface area contributed by atoms with Crippen molar-refractivity contribution in [3.8, 4) is 22.8 Å². The van der Waals surface area contributed by atoms with Gasteiger partial charge in [0.2, 0.25) is 0 Å². The molecule has 35 heavy (non-hydrogen) atoms. The van der Waals surface area contributed by atoms with Crippen LogP contribution in [0.4, 0.5) is 8.78 Å². The molecule has 1 aliphatic rings. The van der Waals surface area contributed by atoms with E-state index in [9.17, 15) is 4.79 Å². The van der Waals surface area contributed by atoms with E-state index in [1.807, 2.05) is 37.3 Å². The molecule has 1 aromatic heterocycles. The van der Waals surface area contributed by atoms with Crippen molar-refractivity contribution in [2.45, 2.75) is 18.4 Å². The van der Waals surface area contributed by atoms with Crippen LogP contribution in [0.25, 0.3) is 11.1 Å². The van der Waals surface area contributed by atoms with Crippen LogP contribution in [0.3, 0.4) is 0 Å². The highest BCUT2D eigenvalue weighted by Gasteiger charge is 2.49. The first kappa shape index (κ1) is 24.8. The summed E-state index contributed by atoms with van der Waals surface area (Å²) >= 11 is 6.43. The van der Waals surface area contributed by atoms with Gasteiger partial charge in [0.15, 0.2) is 11.4 Å². The van der Waals surface area contributed by atoms with Crippen molar-refractivity contribution in [1.82, 2.24) is 4.98 Å². The van der Waals surface area contributed by atoms with Crippen molar-refractivity contribution in [2.24, 2.45) is 11.5 Å². The summed E-state index contributed by atoms with van der Waals surface area (Å²) in [5.41, 5.74) is 11.1. The quantitative estimate of drug-likeness (QED) is 0.447. The Hall–Kier alpha value is -3.27. The van der Waals surface area contributed by atoms with Gasteiger partial charge in [0.25, 0.3) is 11.8 Å². The summed E-state index contributed by atoms with van der Waals surface area (Å²) in [5.74, 6) is -3.62. The Kier molecular flexibility index (Phi) is 6.93. The van der Waals surface area contributed by atoms with Crippen LogP contribution in [0, 0.1) is 11.6 Å². The number of carbonyl (C=O) groups is 1. The molecule has 1 aliphatic heterocycles. The van der Waals surface area contributed by atoms with Crippen LogP contribution in [0.5, 0.6) is 11.6 Å². The molecule has 184 valence electrons. The topological polar surface area (TPSA) is 110 Å². The number of ether oxygens (including phenoxy) is 3. The molecule has 0 saturated carbocycles. The fourth-order valence-corrected chi connectivity index (χ4v) is 4.73. The highest BCUT2D eigenvalue weighted by molar-refractivity contribution is 6.34. The van der Waals surface area contributed by atoms with Crippen LogP contribution in [0.2, 0.25) is 5.02 Å². The number of fused-ring (bicyclic) bond motifs is 1. The van der Waals surface area contributed by atoms with E-state index in [0.29, 0.717) is 5.56 Å². The molecule has 4 rings (SSSR count). The molecule has 3 aromatic rings. The van der Waals surface area contributed by atoms with Crippen molar-refractivity contribution >= 4 is 17.5 Å². The van der Waals surface area contributed by atoms with Crippen LogP contribution in [0.1, 0.15) is 34.3 Å². The minimum Gasteiger partial charge on any atom is -0.480 e. The largest absolute Gasteiger partial charge is 0.480 e. The molecule has 1 amide bonds. The average molecular weight is 504 g/mol. The zero-order chi connectivity index (χ0) is 25.3. The number of nitrogens with zero attached hydrogens (tertiary/aromatic N) is 1. The van der Waals surface area contributed by atoms with Crippen LogP contribution < -0.4 is 20.9 Å². The van der Waals surface area contributed by atoms with E-state index >= 15 is 8.78 Å². The van der Waals surface area contributed by atoms with Crippen molar-refractivity contribution in [3.05, 3.63) is 75.9 Å². The summed E-state index contributed by atoms with van der Waals surface area (Å²) in [7, 11) is 1.46. The zero-order valence-electron chi connectivity index (χ0n) is 19.1. The third-order valence-corrected chi connectivity index (χ3v) is 6.61. The Balaban J connectivity index is 1.99. The lowest BCUT2D eigenvalue weighted by atomic mass is 9.77. The van der Waals surface area contributed by atoms with E-state index < -0.39 is 40.0 Å². The van der Waals surface area contributed by atoms with Gasteiger partial charge < -0.3 is 25.7 Å². The Morgan fingerprint density at radius 1 is 1.23 bits per heavy atom. The number of benzene rings is 2. The number of hydrogen-bond donors (Lipinski definition) is 2. The van der Waals surface area contributed by atoms with Crippen molar-refractivity contribution < 1.29 is 27.8 Å². The molecule has 0 aliphatic carbocycles.